The van der Waals surface area contributed by atoms with Crippen molar-refractivity contribution in [3.8, 4) is 0 Å². The quantitative estimate of drug-likeness (QED) is 0.801. The van der Waals surface area contributed by atoms with Crippen LogP contribution in [-0.2, 0) is 0 Å². The van der Waals surface area contributed by atoms with Crippen molar-refractivity contribution >= 4 is 28.1 Å². The number of thiazole rings is 1. The molecule has 0 amide bonds. The summed E-state index contributed by atoms with van der Waals surface area (Å²) in [5.74, 6) is 0. The van der Waals surface area contributed by atoms with E-state index in [1.54, 1.807) is 11.3 Å². The van der Waals surface area contributed by atoms with Crippen molar-refractivity contribution in [3.63, 3.8) is 0 Å². The summed E-state index contributed by atoms with van der Waals surface area (Å²) < 4.78 is 0. The van der Waals surface area contributed by atoms with E-state index < -0.39 is 0 Å². The molecule has 0 radical (unpaired) electrons. The standard InChI is InChI=1S/C9H14ClN3S/c1-6-4-13(7(2)3-11-6)9-12-8(10)5-14-9/h5-7,11H,3-4H2,1-2H3. The lowest BCUT2D eigenvalue weighted by Gasteiger charge is -2.37. The fourth-order valence-corrected chi connectivity index (χ4v) is 2.73. The van der Waals surface area contributed by atoms with E-state index in [-0.39, 0.29) is 0 Å². The molecule has 1 aromatic heterocycles. The second-order valence-electron chi connectivity index (χ2n) is 3.76. The highest BCUT2D eigenvalue weighted by Crippen LogP contribution is 2.26. The van der Waals surface area contributed by atoms with Crippen molar-refractivity contribution < 1.29 is 0 Å². The van der Waals surface area contributed by atoms with E-state index in [0.717, 1.165) is 18.2 Å². The lowest BCUT2D eigenvalue weighted by atomic mass is 10.1. The molecule has 1 N–H and O–H groups in total. The monoisotopic (exact) mass is 231 g/mol. The maximum absolute atomic E-state index is 5.82. The smallest absolute Gasteiger partial charge is 0.187 e. The maximum Gasteiger partial charge on any atom is 0.187 e. The van der Waals surface area contributed by atoms with E-state index in [2.05, 4.69) is 29.0 Å². The van der Waals surface area contributed by atoms with Gasteiger partial charge in [0.05, 0.1) is 0 Å². The summed E-state index contributed by atoms with van der Waals surface area (Å²) in [6, 6.07) is 1.02. The summed E-state index contributed by atoms with van der Waals surface area (Å²) >= 11 is 7.44. The predicted octanol–water partition coefficient (Wildman–Crippen LogP) is 1.98. The minimum absolute atomic E-state index is 0.494. The molecule has 2 unspecified atom stereocenters. The van der Waals surface area contributed by atoms with Gasteiger partial charge in [-0.25, -0.2) is 4.98 Å². The van der Waals surface area contributed by atoms with Gasteiger partial charge in [0, 0.05) is 30.6 Å². The zero-order chi connectivity index (χ0) is 10.1. The summed E-state index contributed by atoms with van der Waals surface area (Å²) in [5.41, 5.74) is 0. The van der Waals surface area contributed by atoms with Crippen LogP contribution in [-0.4, -0.2) is 30.2 Å². The first-order valence-electron chi connectivity index (χ1n) is 4.78. The van der Waals surface area contributed by atoms with Gasteiger partial charge >= 0.3 is 0 Å². The van der Waals surface area contributed by atoms with Gasteiger partial charge in [0.25, 0.3) is 0 Å². The number of piperazine rings is 1. The van der Waals surface area contributed by atoms with Crippen LogP contribution in [0.4, 0.5) is 5.13 Å². The van der Waals surface area contributed by atoms with Crippen LogP contribution in [0, 0.1) is 0 Å². The van der Waals surface area contributed by atoms with Crippen molar-refractivity contribution in [3.05, 3.63) is 10.5 Å². The first kappa shape index (κ1) is 10.2. The molecule has 2 heterocycles. The second kappa shape index (κ2) is 4.04. The molecule has 2 atom stereocenters. The van der Waals surface area contributed by atoms with E-state index in [1.165, 1.54) is 0 Å². The van der Waals surface area contributed by atoms with Gasteiger partial charge in [0.1, 0.15) is 5.15 Å². The number of aromatic nitrogens is 1. The summed E-state index contributed by atoms with van der Waals surface area (Å²) in [4.78, 5) is 6.62. The topological polar surface area (TPSA) is 28.2 Å². The lowest BCUT2D eigenvalue weighted by molar-refractivity contribution is 0.425. The molecular formula is C9H14ClN3S. The number of halogens is 1. The molecule has 0 aromatic carbocycles. The largest absolute Gasteiger partial charge is 0.343 e. The third-order valence-electron chi connectivity index (χ3n) is 2.47. The Morgan fingerprint density at radius 3 is 3.07 bits per heavy atom. The average molecular weight is 232 g/mol. The molecule has 1 aromatic rings. The highest BCUT2D eigenvalue weighted by molar-refractivity contribution is 7.14. The molecule has 1 fully saturated rings. The van der Waals surface area contributed by atoms with Crippen LogP contribution in [0.2, 0.25) is 5.15 Å². The molecule has 3 nitrogen and oxygen atoms in total. The molecule has 5 heteroatoms. The van der Waals surface area contributed by atoms with Gasteiger partial charge in [0.2, 0.25) is 0 Å². The molecule has 2 rings (SSSR count). The van der Waals surface area contributed by atoms with E-state index in [1.807, 2.05) is 5.38 Å². The lowest BCUT2D eigenvalue weighted by Crippen LogP contribution is -2.54. The Bertz CT molecular complexity index is 315. The van der Waals surface area contributed by atoms with Crippen LogP contribution < -0.4 is 10.2 Å². The second-order valence-corrected chi connectivity index (χ2v) is 4.99. The molecule has 1 aliphatic heterocycles. The number of nitrogens with one attached hydrogen (secondary N) is 1. The molecule has 1 saturated heterocycles. The van der Waals surface area contributed by atoms with Gasteiger partial charge in [0.15, 0.2) is 5.13 Å². The van der Waals surface area contributed by atoms with E-state index in [4.69, 9.17) is 11.6 Å². The number of nitrogens with zero attached hydrogens (tertiary/aromatic N) is 2. The Balaban J connectivity index is 2.15. The van der Waals surface area contributed by atoms with Crippen molar-refractivity contribution in [2.24, 2.45) is 0 Å². The van der Waals surface area contributed by atoms with Gasteiger partial charge in [-0.15, -0.1) is 11.3 Å². The normalized spacial score (nSPS) is 28.1. The first-order chi connectivity index (χ1) is 6.66. The van der Waals surface area contributed by atoms with Gasteiger partial charge in [-0.1, -0.05) is 11.6 Å². The minimum atomic E-state index is 0.494. The van der Waals surface area contributed by atoms with E-state index in [9.17, 15) is 0 Å². The fraction of sp³-hybridized carbons (Fsp3) is 0.667. The van der Waals surface area contributed by atoms with Crippen LogP contribution in [0.15, 0.2) is 5.38 Å². The van der Waals surface area contributed by atoms with Crippen molar-refractivity contribution in [1.29, 1.82) is 0 Å². The third-order valence-corrected chi connectivity index (χ3v) is 3.67. The Kier molecular flexibility index (Phi) is 2.95. The van der Waals surface area contributed by atoms with Crippen molar-refractivity contribution in [2.75, 3.05) is 18.0 Å². The molecular weight excluding hydrogens is 218 g/mol. The number of anilines is 1. The van der Waals surface area contributed by atoms with Crippen LogP contribution in [0.25, 0.3) is 0 Å². The average Bonchev–Trinajstić information content (AvgIpc) is 2.56. The summed E-state index contributed by atoms with van der Waals surface area (Å²) in [7, 11) is 0. The van der Waals surface area contributed by atoms with E-state index in [0.29, 0.717) is 17.2 Å². The molecule has 0 spiro atoms. The van der Waals surface area contributed by atoms with Gasteiger partial charge in [-0.05, 0) is 13.8 Å². The Hall–Kier alpha value is -0.320. The van der Waals surface area contributed by atoms with Gasteiger partial charge < -0.3 is 10.2 Å². The summed E-state index contributed by atoms with van der Waals surface area (Å²) in [5, 5.41) is 6.96. The van der Waals surface area contributed by atoms with Crippen LogP contribution in [0.1, 0.15) is 13.8 Å². The van der Waals surface area contributed by atoms with Crippen LogP contribution >= 0.6 is 22.9 Å². The van der Waals surface area contributed by atoms with Gasteiger partial charge in [-0.2, -0.15) is 0 Å². The highest BCUT2D eigenvalue weighted by Gasteiger charge is 2.24. The Morgan fingerprint density at radius 2 is 2.43 bits per heavy atom. The van der Waals surface area contributed by atoms with Crippen LogP contribution in [0.3, 0.4) is 0 Å². The molecule has 78 valence electrons. The minimum Gasteiger partial charge on any atom is -0.343 e. The summed E-state index contributed by atoms with van der Waals surface area (Å²) in [6.07, 6.45) is 0. The van der Waals surface area contributed by atoms with Crippen molar-refractivity contribution in [1.82, 2.24) is 10.3 Å². The molecule has 1 aliphatic rings. The summed E-state index contributed by atoms with van der Waals surface area (Å²) in [6.45, 7) is 6.41. The molecule has 0 bridgehead atoms. The maximum atomic E-state index is 5.82. The Labute approximate surface area is 93.1 Å². The number of hydrogen-bond donors (Lipinski definition) is 1. The number of rotatable bonds is 1. The molecule has 14 heavy (non-hydrogen) atoms. The van der Waals surface area contributed by atoms with Crippen molar-refractivity contribution in [2.45, 2.75) is 25.9 Å². The molecule has 0 aliphatic carbocycles. The highest BCUT2D eigenvalue weighted by atomic mass is 35.5. The van der Waals surface area contributed by atoms with E-state index >= 15 is 0 Å². The fourth-order valence-electron chi connectivity index (χ4n) is 1.67. The molecule has 0 saturated carbocycles. The Morgan fingerprint density at radius 1 is 1.64 bits per heavy atom. The number of hydrogen-bond acceptors (Lipinski definition) is 4. The zero-order valence-corrected chi connectivity index (χ0v) is 9.90. The zero-order valence-electron chi connectivity index (χ0n) is 8.33. The third kappa shape index (κ3) is 2.02. The van der Waals surface area contributed by atoms with Gasteiger partial charge in [-0.3, -0.25) is 0 Å². The predicted molar refractivity (Wildman–Crippen MR) is 61.4 cm³/mol. The first-order valence-corrected chi connectivity index (χ1v) is 6.03. The van der Waals surface area contributed by atoms with Crippen LogP contribution in [0.5, 0.6) is 0 Å². The SMILES string of the molecule is CC1CN(c2nc(Cl)cs2)C(C)CN1.